The van der Waals surface area contributed by atoms with Crippen molar-refractivity contribution in [3.05, 3.63) is 69.8 Å². The molecule has 0 nitrogen and oxygen atoms in total. The van der Waals surface area contributed by atoms with Crippen LogP contribution in [0.3, 0.4) is 0 Å². The lowest BCUT2D eigenvalue weighted by Gasteiger charge is -2.09. The first-order chi connectivity index (χ1) is 11.6. The van der Waals surface area contributed by atoms with Crippen molar-refractivity contribution < 1.29 is 0 Å². The molecule has 0 amide bonds. The van der Waals surface area contributed by atoms with Gasteiger partial charge in [-0.25, -0.2) is 0 Å². The van der Waals surface area contributed by atoms with E-state index in [2.05, 4.69) is 76.2 Å². The van der Waals surface area contributed by atoms with Gasteiger partial charge in [0.05, 0.1) is 0 Å². The van der Waals surface area contributed by atoms with Crippen molar-refractivity contribution in [2.45, 2.75) is 66.2 Å². The molecule has 2 rings (SSSR count). The molecule has 0 aliphatic heterocycles. The lowest BCUT2D eigenvalue weighted by Crippen LogP contribution is -1.92. The Morgan fingerprint density at radius 3 is 1.46 bits per heavy atom. The zero-order valence-electron chi connectivity index (χ0n) is 15.9. The first-order valence-electron chi connectivity index (χ1n) is 9.51. The number of benzene rings is 2. The molecule has 0 atom stereocenters. The van der Waals surface area contributed by atoms with E-state index in [1.807, 2.05) is 0 Å². The van der Waals surface area contributed by atoms with E-state index >= 15 is 0 Å². The van der Waals surface area contributed by atoms with Crippen LogP contribution in [0.15, 0.2) is 36.4 Å². The minimum Gasteiger partial charge on any atom is -0.0654 e. The van der Waals surface area contributed by atoms with Crippen LogP contribution in [0.5, 0.6) is 0 Å². The van der Waals surface area contributed by atoms with E-state index in [4.69, 9.17) is 0 Å². The number of rotatable bonds is 8. The van der Waals surface area contributed by atoms with Gasteiger partial charge >= 0.3 is 0 Å². The van der Waals surface area contributed by atoms with Gasteiger partial charge in [-0.3, -0.25) is 0 Å². The van der Waals surface area contributed by atoms with E-state index in [-0.39, 0.29) is 0 Å². The van der Waals surface area contributed by atoms with E-state index in [9.17, 15) is 0 Å². The fourth-order valence-electron chi connectivity index (χ4n) is 3.14. The molecule has 0 N–H and O–H groups in total. The molecular formula is C24H32. The molecule has 0 spiro atoms. The van der Waals surface area contributed by atoms with Gasteiger partial charge in [0.2, 0.25) is 0 Å². The number of unbranched alkanes of at least 4 members (excludes halogenated alkanes) is 2. The van der Waals surface area contributed by atoms with Crippen LogP contribution in [0, 0.1) is 13.8 Å². The van der Waals surface area contributed by atoms with Crippen LogP contribution in [0.2, 0.25) is 0 Å². The zero-order chi connectivity index (χ0) is 17.4. The second kappa shape index (κ2) is 9.47. The molecule has 0 aliphatic carbocycles. The van der Waals surface area contributed by atoms with Gasteiger partial charge < -0.3 is 0 Å². The van der Waals surface area contributed by atoms with E-state index in [0.717, 1.165) is 0 Å². The third kappa shape index (κ3) is 5.37. The predicted molar refractivity (Wildman–Crippen MR) is 109 cm³/mol. The van der Waals surface area contributed by atoms with Gasteiger partial charge in [0.1, 0.15) is 0 Å². The maximum absolute atomic E-state index is 2.35. The van der Waals surface area contributed by atoms with E-state index in [0.29, 0.717) is 0 Å². The molecule has 128 valence electrons. The Kier molecular flexibility index (Phi) is 7.31. The Morgan fingerprint density at radius 2 is 1.08 bits per heavy atom. The molecule has 0 unspecified atom stereocenters. The minimum atomic E-state index is 1.18. The smallest absolute Gasteiger partial charge is 0.0224 e. The van der Waals surface area contributed by atoms with Crippen LogP contribution in [-0.2, 0) is 12.8 Å². The zero-order valence-corrected chi connectivity index (χ0v) is 15.9. The molecule has 0 radical (unpaired) electrons. The summed E-state index contributed by atoms with van der Waals surface area (Å²) in [5.41, 5.74) is 8.42. The number of hydrogen-bond donors (Lipinski definition) is 0. The van der Waals surface area contributed by atoms with Crippen LogP contribution in [-0.4, -0.2) is 0 Å². The third-order valence-corrected chi connectivity index (χ3v) is 4.64. The highest BCUT2D eigenvalue weighted by atomic mass is 14.1. The van der Waals surface area contributed by atoms with Crippen molar-refractivity contribution in [1.82, 2.24) is 0 Å². The van der Waals surface area contributed by atoms with Gasteiger partial charge in [-0.1, -0.05) is 86.4 Å². The highest BCUT2D eigenvalue weighted by Crippen LogP contribution is 2.21. The van der Waals surface area contributed by atoms with Crippen molar-refractivity contribution >= 4 is 12.2 Å². The van der Waals surface area contributed by atoms with Crippen LogP contribution in [0.25, 0.3) is 12.2 Å². The van der Waals surface area contributed by atoms with Crippen molar-refractivity contribution in [2.75, 3.05) is 0 Å². The van der Waals surface area contributed by atoms with E-state index in [1.54, 1.807) is 0 Å². The Balaban J connectivity index is 2.27. The molecule has 0 heterocycles. The third-order valence-electron chi connectivity index (χ3n) is 4.64. The molecule has 0 aromatic heterocycles. The van der Waals surface area contributed by atoms with Crippen molar-refractivity contribution in [3.63, 3.8) is 0 Å². The highest BCUT2D eigenvalue weighted by Gasteiger charge is 2.03. The van der Waals surface area contributed by atoms with Gasteiger partial charge in [0.25, 0.3) is 0 Å². The largest absolute Gasteiger partial charge is 0.0654 e. The average Bonchev–Trinajstić information content (AvgIpc) is 2.58. The second-order valence-corrected chi connectivity index (χ2v) is 6.94. The molecule has 2 aromatic carbocycles. The summed E-state index contributed by atoms with van der Waals surface area (Å²) in [5, 5.41) is 0. The topological polar surface area (TPSA) is 0 Å². The summed E-state index contributed by atoms with van der Waals surface area (Å²) >= 11 is 0. The van der Waals surface area contributed by atoms with Crippen LogP contribution >= 0.6 is 0 Å². The van der Waals surface area contributed by atoms with Crippen LogP contribution < -0.4 is 0 Å². The number of hydrogen-bond acceptors (Lipinski definition) is 0. The monoisotopic (exact) mass is 320 g/mol. The van der Waals surface area contributed by atoms with Crippen molar-refractivity contribution in [3.8, 4) is 0 Å². The summed E-state index contributed by atoms with van der Waals surface area (Å²) in [6.07, 6.45) is 12.0. The molecule has 0 saturated heterocycles. The first kappa shape index (κ1) is 18.5. The lowest BCUT2D eigenvalue weighted by molar-refractivity contribution is 0.793. The summed E-state index contributed by atoms with van der Waals surface area (Å²) in [4.78, 5) is 0. The standard InChI is InChI=1S/C24H32/c1-5-7-9-23-17-19(3)11-13-21(23)15-16-22-14-12-20(4)18-24(22)10-8-6-2/h11-18H,5-10H2,1-4H3/b16-15+. The summed E-state index contributed by atoms with van der Waals surface area (Å²) < 4.78 is 0. The Morgan fingerprint density at radius 1 is 0.667 bits per heavy atom. The van der Waals surface area contributed by atoms with Gasteiger partial charge in [0, 0.05) is 0 Å². The molecule has 0 bridgehead atoms. The Labute approximate surface area is 148 Å². The number of aryl methyl sites for hydroxylation is 4. The molecular weight excluding hydrogens is 288 g/mol. The average molecular weight is 321 g/mol. The first-order valence-corrected chi connectivity index (χ1v) is 9.51. The van der Waals surface area contributed by atoms with E-state index < -0.39 is 0 Å². The lowest BCUT2D eigenvalue weighted by atomic mass is 9.96. The normalized spacial score (nSPS) is 11.3. The maximum Gasteiger partial charge on any atom is -0.0224 e. The molecule has 0 saturated carbocycles. The van der Waals surface area contributed by atoms with Crippen LogP contribution in [0.4, 0.5) is 0 Å². The Bertz CT molecular complexity index is 617. The predicted octanol–water partition coefficient (Wildman–Crippen LogP) is 7.16. The quantitative estimate of drug-likeness (QED) is 0.453. The van der Waals surface area contributed by atoms with Crippen molar-refractivity contribution in [1.29, 1.82) is 0 Å². The van der Waals surface area contributed by atoms with Gasteiger partial charge in [-0.2, -0.15) is 0 Å². The summed E-state index contributed by atoms with van der Waals surface area (Å²) in [7, 11) is 0. The molecule has 2 aromatic rings. The maximum atomic E-state index is 2.35. The minimum absolute atomic E-state index is 1.18. The van der Waals surface area contributed by atoms with Crippen LogP contribution in [0.1, 0.15) is 72.9 Å². The fraction of sp³-hybridized carbons (Fsp3) is 0.417. The van der Waals surface area contributed by atoms with Gasteiger partial charge in [0.15, 0.2) is 0 Å². The molecule has 0 heteroatoms. The summed E-state index contributed by atoms with van der Waals surface area (Å²) in [6, 6.07) is 13.7. The van der Waals surface area contributed by atoms with E-state index in [1.165, 1.54) is 71.9 Å². The van der Waals surface area contributed by atoms with Gasteiger partial charge in [-0.05, 0) is 61.8 Å². The molecule has 0 fully saturated rings. The Hall–Kier alpha value is -1.82. The van der Waals surface area contributed by atoms with Crippen molar-refractivity contribution in [2.24, 2.45) is 0 Å². The van der Waals surface area contributed by atoms with Gasteiger partial charge in [-0.15, -0.1) is 0 Å². The summed E-state index contributed by atoms with van der Waals surface area (Å²) in [5.74, 6) is 0. The second-order valence-electron chi connectivity index (χ2n) is 6.94. The SMILES string of the molecule is CCCCc1cc(C)ccc1/C=C/c1ccc(C)cc1CCCC. The summed E-state index contributed by atoms with van der Waals surface area (Å²) in [6.45, 7) is 8.90. The highest BCUT2D eigenvalue weighted by molar-refractivity contribution is 5.73. The molecule has 24 heavy (non-hydrogen) atoms. The fourth-order valence-corrected chi connectivity index (χ4v) is 3.14. The molecule has 0 aliphatic rings.